The molecule has 2 aromatic heterocycles. The van der Waals surface area contributed by atoms with Crippen molar-refractivity contribution in [2.45, 2.75) is 6.92 Å². The standard InChI is InChI=1S/C12H15ClN6O/c1-7-3-2-4-15-11(7)16-5-6-17-12(20)9-8(13)10(14)19-18-9/h2-4H,5-6H2,1H3,(H,15,16)(H,17,20)(H3,14,18,19). The van der Waals surface area contributed by atoms with Gasteiger partial charge in [-0.15, -0.1) is 0 Å². The summed E-state index contributed by atoms with van der Waals surface area (Å²) in [5.41, 5.74) is 6.66. The van der Waals surface area contributed by atoms with Crippen molar-refractivity contribution in [2.24, 2.45) is 0 Å². The Hall–Kier alpha value is -2.28. The minimum Gasteiger partial charge on any atom is -0.381 e. The molecule has 1 amide bonds. The van der Waals surface area contributed by atoms with E-state index in [0.717, 1.165) is 11.4 Å². The second kappa shape index (κ2) is 6.25. The van der Waals surface area contributed by atoms with Crippen molar-refractivity contribution < 1.29 is 4.79 Å². The number of H-pyrrole nitrogens is 1. The SMILES string of the molecule is Cc1cccnc1NCCNC(=O)c1[nH]nc(N)c1Cl. The summed E-state index contributed by atoms with van der Waals surface area (Å²) < 4.78 is 0. The number of aromatic nitrogens is 3. The number of hydrogen-bond donors (Lipinski definition) is 4. The number of nitrogens with one attached hydrogen (secondary N) is 3. The molecule has 0 saturated carbocycles. The van der Waals surface area contributed by atoms with Gasteiger partial charge in [-0.25, -0.2) is 4.98 Å². The predicted molar refractivity (Wildman–Crippen MR) is 77.8 cm³/mol. The second-order valence-electron chi connectivity index (χ2n) is 4.15. The smallest absolute Gasteiger partial charge is 0.270 e. The van der Waals surface area contributed by atoms with Crippen molar-refractivity contribution in [2.75, 3.05) is 24.1 Å². The Morgan fingerprint density at radius 2 is 2.30 bits per heavy atom. The summed E-state index contributed by atoms with van der Waals surface area (Å²) in [6.07, 6.45) is 1.71. The molecular weight excluding hydrogens is 280 g/mol. The van der Waals surface area contributed by atoms with E-state index in [2.05, 4.69) is 25.8 Å². The van der Waals surface area contributed by atoms with Crippen molar-refractivity contribution in [3.05, 3.63) is 34.6 Å². The fourth-order valence-corrected chi connectivity index (χ4v) is 1.78. The van der Waals surface area contributed by atoms with E-state index < -0.39 is 0 Å². The van der Waals surface area contributed by atoms with Crippen LogP contribution in [-0.4, -0.2) is 34.2 Å². The molecule has 0 saturated heterocycles. The first-order valence-corrected chi connectivity index (χ1v) is 6.40. The van der Waals surface area contributed by atoms with E-state index in [1.807, 2.05) is 19.1 Å². The second-order valence-corrected chi connectivity index (χ2v) is 4.53. The zero-order valence-corrected chi connectivity index (χ0v) is 11.7. The Morgan fingerprint density at radius 3 is 2.95 bits per heavy atom. The van der Waals surface area contributed by atoms with Gasteiger partial charge in [0.25, 0.3) is 5.91 Å². The topological polar surface area (TPSA) is 109 Å². The minimum absolute atomic E-state index is 0.110. The summed E-state index contributed by atoms with van der Waals surface area (Å²) in [6.45, 7) is 2.93. The van der Waals surface area contributed by atoms with Crippen molar-refractivity contribution >= 4 is 29.1 Å². The molecule has 0 radical (unpaired) electrons. The third-order valence-corrected chi connectivity index (χ3v) is 3.05. The first-order valence-electron chi connectivity index (χ1n) is 6.02. The molecule has 0 unspecified atom stereocenters. The number of hydrogen-bond acceptors (Lipinski definition) is 5. The van der Waals surface area contributed by atoms with Crippen LogP contribution in [0.2, 0.25) is 5.02 Å². The van der Waals surface area contributed by atoms with E-state index in [9.17, 15) is 4.79 Å². The molecule has 0 aliphatic carbocycles. The van der Waals surface area contributed by atoms with Crippen LogP contribution >= 0.6 is 11.6 Å². The molecule has 2 aromatic rings. The summed E-state index contributed by atoms with van der Waals surface area (Å²) in [5.74, 6) is 0.559. The lowest BCUT2D eigenvalue weighted by Crippen LogP contribution is -2.29. The highest BCUT2D eigenvalue weighted by Gasteiger charge is 2.15. The number of halogens is 1. The van der Waals surface area contributed by atoms with Crippen molar-refractivity contribution in [1.82, 2.24) is 20.5 Å². The largest absolute Gasteiger partial charge is 0.381 e. The molecule has 0 spiro atoms. The number of nitrogen functional groups attached to an aromatic ring is 1. The molecule has 106 valence electrons. The van der Waals surface area contributed by atoms with Gasteiger partial charge < -0.3 is 16.4 Å². The number of anilines is 2. The van der Waals surface area contributed by atoms with E-state index in [-0.39, 0.29) is 22.4 Å². The van der Waals surface area contributed by atoms with Gasteiger partial charge in [-0.1, -0.05) is 17.7 Å². The fourth-order valence-electron chi connectivity index (χ4n) is 1.61. The van der Waals surface area contributed by atoms with Gasteiger partial charge in [0.2, 0.25) is 0 Å². The molecule has 20 heavy (non-hydrogen) atoms. The number of pyridine rings is 1. The lowest BCUT2D eigenvalue weighted by molar-refractivity contribution is 0.0950. The molecule has 0 aliphatic rings. The zero-order chi connectivity index (χ0) is 14.5. The van der Waals surface area contributed by atoms with Crippen LogP contribution in [0.15, 0.2) is 18.3 Å². The number of nitrogens with two attached hydrogens (primary N) is 1. The monoisotopic (exact) mass is 294 g/mol. The molecule has 5 N–H and O–H groups in total. The molecule has 2 heterocycles. The van der Waals surface area contributed by atoms with Crippen molar-refractivity contribution in [3.8, 4) is 0 Å². The highest BCUT2D eigenvalue weighted by atomic mass is 35.5. The summed E-state index contributed by atoms with van der Waals surface area (Å²) in [4.78, 5) is 16.0. The van der Waals surface area contributed by atoms with Gasteiger partial charge in [0.05, 0.1) is 0 Å². The van der Waals surface area contributed by atoms with Gasteiger partial charge >= 0.3 is 0 Å². The maximum Gasteiger partial charge on any atom is 0.270 e. The lowest BCUT2D eigenvalue weighted by Gasteiger charge is -2.08. The summed E-state index contributed by atoms with van der Waals surface area (Å²) in [6, 6.07) is 3.83. The Bertz CT molecular complexity index is 612. The molecule has 0 aromatic carbocycles. The Labute approximate surface area is 120 Å². The van der Waals surface area contributed by atoms with Crippen molar-refractivity contribution in [3.63, 3.8) is 0 Å². The highest BCUT2D eigenvalue weighted by molar-refractivity contribution is 6.35. The van der Waals surface area contributed by atoms with Crippen LogP contribution in [0.5, 0.6) is 0 Å². The molecule has 2 rings (SSSR count). The summed E-state index contributed by atoms with van der Waals surface area (Å²) in [7, 11) is 0. The number of carbonyl (C=O) groups excluding carboxylic acids is 1. The van der Waals surface area contributed by atoms with Crippen LogP contribution in [0.3, 0.4) is 0 Å². The Morgan fingerprint density at radius 1 is 1.50 bits per heavy atom. The average Bonchev–Trinajstić information content (AvgIpc) is 2.77. The van der Waals surface area contributed by atoms with Gasteiger partial charge in [0, 0.05) is 19.3 Å². The van der Waals surface area contributed by atoms with Crippen molar-refractivity contribution in [1.29, 1.82) is 0 Å². The van der Waals surface area contributed by atoms with Gasteiger partial charge in [-0.05, 0) is 18.6 Å². The molecule has 0 bridgehead atoms. The summed E-state index contributed by atoms with van der Waals surface area (Å²) in [5, 5.41) is 12.1. The van der Waals surface area contributed by atoms with Gasteiger partial charge in [-0.2, -0.15) is 5.10 Å². The summed E-state index contributed by atoms with van der Waals surface area (Å²) >= 11 is 5.83. The maximum absolute atomic E-state index is 11.8. The van der Waals surface area contributed by atoms with E-state index in [1.165, 1.54) is 0 Å². The average molecular weight is 295 g/mol. The van der Waals surface area contributed by atoms with E-state index >= 15 is 0 Å². The maximum atomic E-state index is 11.8. The minimum atomic E-state index is -0.348. The first kappa shape index (κ1) is 14.1. The number of amides is 1. The Balaban J connectivity index is 1.81. The van der Waals surface area contributed by atoms with Crippen LogP contribution < -0.4 is 16.4 Å². The van der Waals surface area contributed by atoms with Crippen LogP contribution in [0.4, 0.5) is 11.6 Å². The molecule has 7 nitrogen and oxygen atoms in total. The fraction of sp³-hybridized carbons (Fsp3) is 0.250. The number of nitrogens with zero attached hydrogens (tertiary/aromatic N) is 2. The van der Waals surface area contributed by atoms with E-state index in [1.54, 1.807) is 6.20 Å². The van der Waals surface area contributed by atoms with Crippen LogP contribution in [0.25, 0.3) is 0 Å². The van der Waals surface area contributed by atoms with E-state index in [0.29, 0.717) is 13.1 Å². The number of aryl methyl sites for hydroxylation is 1. The van der Waals surface area contributed by atoms with Gasteiger partial charge in [0.15, 0.2) is 5.82 Å². The van der Waals surface area contributed by atoms with Gasteiger partial charge in [0.1, 0.15) is 16.5 Å². The third-order valence-electron chi connectivity index (χ3n) is 2.67. The third kappa shape index (κ3) is 3.18. The first-order chi connectivity index (χ1) is 9.59. The molecule has 8 heteroatoms. The predicted octanol–water partition coefficient (Wildman–Crippen LogP) is 1.19. The lowest BCUT2D eigenvalue weighted by atomic mass is 10.3. The number of carbonyl (C=O) groups is 1. The van der Waals surface area contributed by atoms with Crippen LogP contribution in [-0.2, 0) is 0 Å². The molecule has 0 aliphatic heterocycles. The van der Waals surface area contributed by atoms with Crippen LogP contribution in [0.1, 0.15) is 16.1 Å². The number of rotatable bonds is 5. The van der Waals surface area contributed by atoms with E-state index in [4.69, 9.17) is 17.3 Å². The highest BCUT2D eigenvalue weighted by Crippen LogP contribution is 2.19. The molecule has 0 fully saturated rings. The number of aromatic amines is 1. The Kier molecular flexibility index (Phi) is 4.41. The molecular formula is C12H15ClN6O. The zero-order valence-electron chi connectivity index (χ0n) is 10.9. The quantitative estimate of drug-likeness (QED) is 0.619. The van der Waals surface area contributed by atoms with Crippen LogP contribution in [0, 0.1) is 6.92 Å². The van der Waals surface area contributed by atoms with Gasteiger partial charge in [-0.3, -0.25) is 9.89 Å². The molecule has 0 atom stereocenters. The normalized spacial score (nSPS) is 10.3.